The number of hydrogen-bond donors (Lipinski definition) is 4. The Morgan fingerprint density at radius 1 is 1.67 bits per heavy atom. The summed E-state index contributed by atoms with van der Waals surface area (Å²) in [5, 5.41) is 15.2. The number of aromatic nitrogens is 2. The molecule has 4 N–H and O–H groups in total. The Labute approximate surface area is 106 Å². The highest BCUT2D eigenvalue weighted by Crippen LogP contribution is 2.14. The van der Waals surface area contributed by atoms with E-state index < -0.39 is 0 Å². The van der Waals surface area contributed by atoms with Gasteiger partial charge in [-0.25, -0.2) is 4.98 Å². The van der Waals surface area contributed by atoms with Gasteiger partial charge in [-0.2, -0.15) is 0 Å². The maximum absolute atomic E-state index is 12.0. The van der Waals surface area contributed by atoms with Crippen LogP contribution in [0.5, 0.6) is 0 Å². The van der Waals surface area contributed by atoms with E-state index in [2.05, 4.69) is 20.6 Å². The number of carbonyl (C=O) groups excluding carboxylic acids is 1. The largest absolute Gasteiger partial charge is 0.396 e. The van der Waals surface area contributed by atoms with Crippen molar-refractivity contribution in [2.24, 2.45) is 5.41 Å². The van der Waals surface area contributed by atoms with E-state index in [4.69, 9.17) is 5.11 Å². The lowest BCUT2D eigenvalue weighted by Gasteiger charge is -2.26. The fraction of sp³-hybridized carbons (Fsp3) is 0.667. The van der Waals surface area contributed by atoms with E-state index in [1.165, 1.54) is 0 Å². The standard InChI is InChI=1S/C12H20N4O2/c1-12(2,6-17)5-14-11(18)9-3-8-10(4-13-9)16-7-15-8/h7,9,13,17H,3-6H2,1-2H3,(H,14,18)(H,15,16). The van der Waals surface area contributed by atoms with Gasteiger partial charge in [0.25, 0.3) is 0 Å². The lowest BCUT2D eigenvalue weighted by Crippen LogP contribution is -2.49. The predicted octanol–water partition coefficient (Wildman–Crippen LogP) is -0.441. The third-order valence-corrected chi connectivity index (χ3v) is 3.22. The van der Waals surface area contributed by atoms with Crippen LogP contribution < -0.4 is 10.6 Å². The number of carbonyl (C=O) groups is 1. The first-order valence-corrected chi connectivity index (χ1v) is 6.15. The molecule has 0 fully saturated rings. The number of amides is 1. The van der Waals surface area contributed by atoms with Crippen molar-refractivity contribution in [2.45, 2.75) is 32.9 Å². The van der Waals surface area contributed by atoms with E-state index in [1.54, 1.807) is 6.33 Å². The molecule has 1 atom stereocenters. The van der Waals surface area contributed by atoms with Crippen LogP contribution in [0.25, 0.3) is 0 Å². The van der Waals surface area contributed by atoms with Crippen LogP contribution in [0.2, 0.25) is 0 Å². The molecule has 0 saturated carbocycles. The van der Waals surface area contributed by atoms with Crippen molar-refractivity contribution in [3.63, 3.8) is 0 Å². The molecule has 0 saturated heterocycles. The molecule has 18 heavy (non-hydrogen) atoms. The van der Waals surface area contributed by atoms with Crippen LogP contribution in [0.4, 0.5) is 0 Å². The zero-order valence-corrected chi connectivity index (χ0v) is 10.8. The van der Waals surface area contributed by atoms with Crippen LogP contribution >= 0.6 is 0 Å². The van der Waals surface area contributed by atoms with Gasteiger partial charge < -0.3 is 15.4 Å². The van der Waals surface area contributed by atoms with Crippen LogP contribution in [0.3, 0.4) is 0 Å². The Hall–Kier alpha value is -1.40. The molecule has 2 heterocycles. The first-order valence-electron chi connectivity index (χ1n) is 6.15. The summed E-state index contributed by atoms with van der Waals surface area (Å²) in [7, 11) is 0. The predicted molar refractivity (Wildman–Crippen MR) is 66.8 cm³/mol. The van der Waals surface area contributed by atoms with E-state index in [1.807, 2.05) is 13.8 Å². The maximum atomic E-state index is 12.0. The minimum atomic E-state index is -0.290. The van der Waals surface area contributed by atoms with Crippen molar-refractivity contribution < 1.29 is 9.90 Å². The monoisotopic (exact) mass is 252 g/mol. The van der Waals surface area contributed by atoms with Crippen molar-refractivity contribution >= 4 is 5.91 Å². The molecule has 0 bridgehead atoms. The lowest BCUT2D eigenvalue weighted by molar-refractivity contribution is -0.123. The summed E-state index contributed by atoms with van der Waals surface area (Å²) in [4.78, 5) is 19.2. The average molecular weight is 252 g/mol. The zero-order chi connectivity index (χ0) is 13.2. The summed E-state index contributed by atoms with van der Waals surface area (Å²) in [5.41, 5.74) is 1.71. The molecule has 1 amide bonds. The Bertz CT molecular complexity index is 427. The van der Waals surface area contributed by atoms with E-state index in [9.17, 15) is 4.79 Å². The van der Waals surface area contributed by atoms with Crippen molar-refractivity contribution in [2.75, 3.05) is 13.2 Å². The summed E-state index contributed by atoms with van der Waals surface area (Å²) < 4.78 is 0. The van der Waals surface area contributed by atoms with Gasteiger partial charge in [0.05, 0.1) is 23.8 Å². The Kier molecular flexibility index (Phi) is 3.68. The van der Waals surface area contributed by atoms with Crippen molar-refractivity contribution in [1.82, 2.24) is 20.6 Å². The quantitative estimate of drug-likeness (QED) is 0.585. The molecule has 1 aromatic rings. The molecule has 1 unspecified atom stereocenters. The van der Waals surface area contributed by atoms with E-state index in [-0.39, 0.29) is 24.0 Å². The van der Waals surface area contributed by atoms with Gasteiger partial charge in [0.1, 0.15) is 0 Å². The first-order chi connectivity index (χ1) is 8.52. The number of hydrogen-bond acceptors (Lipinski definition) is 4. The summed E-state index contributed by atoms with van der Waals surface area (Å²) in [6.07, 6.45) is 2.26. The molecule has 100 valence electrons. The van der Waals surface area contributed by atoms with Gasteiger partial charge in [-0.3, -0.25) is 10.1 Å². The normalized spacial score (nSPS) is 19.4. The first kappa shape index (κ1) is 13.0. The summed E-state index contributed by atoms with van der Waals surface area (Å²) in [6, 6.07) is -0.240. The molecule has 6 heteroatoms. The second-order valence-electron chi connectivity index (χ2n) is 5.51. The highest BCUT2D eigenvalue weighted by molar-refractivity contribution is 5.82. The second kappa shape index (κ2) is 5.07. The number of nitrogens with zero attached hydrogens (tertiary/aromatic N) is 1. The molecule has 0 aliphatic carbocycles. The maximum Gasteiger partial charge on any atom is 0.237 e. The van der Waals surface area contributed by atoms with Gasteiger partial charge in [-0.1, -0.05) is 13.8 Å². The number of H-pyrrole nitrogens is 1. The smallest absolute Gasteiger partial charge is 0.237 e. The zero-order valence-electron chi connectivity index (χ0n) is 10.8. The molecule has 0 spiro atoms. The lowest BCUT2D eigenvalue weighted by atomic mass is 9.94. The Balaban J connectivity index is 1.88. The van der Waals surface area contributed by atoms with Crippen LogP contribution in [-0.2, 0) is 17.8 Å². The fourth-order valence-electron chi connectivity index (χ4n) is 1.86. The molecule has 0 radical (unpaired) electrons. The van der Waals surface area contributed by atoms with Gasteiger partial charge in [0.2, 0.25) is 5.91 Å². The SMILES string of the molecule is CC(C)(CO)CNC(=O)C1Cc2nc[nH]c2CN1. The highest BCUT2D eigenvalue weighted by Gasteiger charge is 2.27. The average Bonchev–Trinajstić information content (AvgIpc) is 2.83. The van der Waals surface area contributed by atoms with E-state index >= 15 is 0 Å². The van der Waals surface area contributed by atoms with Crippen LogP contribution in [0.1, 0.15) is 25.2 Å². The molecular weight excluding hydrogens is 232 g/mol. The molecule has 1 aromatic heterocycles. The highest BCUT2D eigenvalue weighted by atomic mass is 16.3. The molecule has 1 aliphatic rings. The van der Waals surface area contributed by atoms with Gasteiger partial charge >= 0.3 is 0 Å². The number of aliphatic hydroxyl groups is 1. The molecule has 1 aliphatic heterocycles. The number of fused-ring (bicyclic) bond motifs is 1. The molecule has 2 rings (SSSR count). The summed E-state index contributed by atoms with van der Waals surface area (Å²) in [6.45, 7) is 4.97. The molecule has 0 aromatic carbocycles. The minimum absolute atomic E-state index is 0.0369. The van der Waals surface area contributed by atoms with E-state index in [0.29, 0.717) is 19.5 Å². The number of rotatable bonds is 4. The summed E-state index contributed by atoms with van der Waals surface area (Å²) in [5.74, 6) is -0.0369. The topological polar surface area (TPSA) is 90.0 Å². The van der Waals surface area contributed by atoms with Gasteiger partial charge in [-0.15, -0.1) is 0 Å². The summed E-state index contributed by atoms with van der Waals surface area (Å²) >= 11 is 0. The number of aromatic amines is 1. The van der Waals surface area contributed by atoms with Gasteiger partial charge in [0, 0.05) is 31.5 Å². The number of nitrogens with one attached hydrogen (secondary N) is 3. The van der Waals surface area contributed by atoms with E-state index in [0.717, 1.165) is 11.4 Å². The molecular formula is C12H20N4O2. The van der Waals surface area contributed by atoms with Crippen LogP contribution in [0.15, 0.2) is 6.33 Å². The fourth-order valence-corrected chi connectivity index (χ4v) is 1.86. The third-order valence-electron chi connectivity index (χ3n) is 3.22. The number of imidazole rings is 1. The second-order valence-corrected chi connectivity index (χ2v) is 5.51. The molecule has 6 nitrogen and oxygen atoms in total. The minimum Gasteiger partial charge on any atom is -0.396 e. The van der Waals surface area contributed by atoms with Crippen molar-refractivity contribution in [3.05, 3.63) is 17.7 Å². The number of aliphatic hydroxyl groups excluding tert-OH is 1. The van der Waals surface area contributed by atoms with Crippen LogP contribution in [-0.4, -0.2) is 40.2 Å². The van der Waals surface area contributed by atoms with Gasteiger partial charge in [0.15, 0.2) is 0 Å². The van der Waals surface area contributed by atoms with Crippen molar-refractivity contribution in [3.8, 4) is 0 Å². The Morgan fingerprint density at radius 2 is 2.44 bits per heavy atom. The van der Waals surface area contributed by atoms with Crippen LogP contribution in [0, 0.1) is 5.41 Å². The van der Waals surface area contributed by atoms with Crippen molar-refractivity contribution in [1.29, 1.82) is 0 Å². The van der Waals surface area contributed by atoms with Gasteiger partial charge in [-0.05, 0) is 0 Å². The third kappa shape index (κ3) is 2.88. The Morgan fingerprint density at radius 3 is 3.17 bits per heavy atom.